The van der Waals surface area contributed by atoms with E-state index in [1.54, 1.807) is 0 Å². The lowest BCUT2D eigenvalue weighted by atomic mass is 9.87. The molecule has 2 N–H and O–H groups in total. The predicted molar refractivity (Wildman–Crippen MR) is 54.9 cm³/mol. The van der Waals surface area contributed by atoms with E-state index in [2.05, 4.69) is 4.90 Å². The van der Waals surface area contributed by atoms with Crippen molar-refractivity contribution in [3.8, 4) is 0 Å². The van der Waals surface area contributed by atoms with Crippen molar-refractivity contribution in [1.82, 2.24) is 4.90 Å². The Morgan fingerprint density at radius 2 is 2.27 bits per heavy atom. The largest absolute Gasteiger partial charge is 0.394 e. The lowest BCUT2D eigenvalue weighted by Gasteiger charge is -2.29. The second-order valence-corrected chi connectivity index (χ2v) is 5.55. The maximum Gasteiger partial charge on any atom is 0.153 e. The molecule has 0 unspecified atom stereocenters. The van der Waals surface area contributed by atoms with Gasteiger partial charge in [0.15, 0.2) is 5.67 Å². The standard InChI is InChI=1S/C11H17FN2O/c12-11(6-13)5-9(11)4-10(8-15)2-1-3-14(10)7-9/h6,13,15H,1-5,7-8H2/t9-,10+,11+/m1/s1. The van der Waals surface area contributed by atoms with Crippen LogP contribution in [0.3, 0.4) is 0 Å². The van der Waals surface area contributed by atoms with E-state index in [0.29, 0.717) is 6.42 Å². The highest BCUT2D eigenvalue weighted by atomic mass is 19.1. The first-order valence-electron chi connectivity index (χ1n) is 5.66. The van der Waals surface area contributed by atoms with E-state index in [9.17, 15) is 9.50 Å². The zero-order valence-electron chi connectivity index (χ0n) is 8.80. The van der Waals surface area contributed by atoms with Crippen LogP contribution >= 0.6 is 0 Å². The minimum absolute atomic E-state index is 0.142. The third-order valence-electron chi connectivity index (χ3n) is 4.78. The molecule has 3 atom stereocenters. The molecule has 0 aromatic carbocycles. The normalized spacial score (nSPS) is 53.5. The second kappa shape index (κ2) is 2.61. The van der Waals surface area contributed by atoms with Crippen molar-refractivity contribution in [2.75, 3.05) is 19.7 Å². The molecule has 1 spiro atoms. The van der Waals surface area contributed by atoms with Gasteiger partial charge in [-0.1, -0.05) is 0 Å². The van der Waals surface area contributed by atoms with Gasteiger partial charge in [0.05, 0.1) is 6.61 Å². The number of nitrogens with zero attached hydrogens (tertiary/aromatic N) is 1. The Bertz CT molecular complexity index is 324. The molecule has 0 aromatic rings. The summed E-state index contributed by atoms with van der Waals surface area (Å²) < 4.78 is 14.1. The Balaban J connectivity index is 1.88. The zero-order valence-corrected chi connectivity index (χ0v) is 8.80. The average molecular weight is 212 g/mol. The lowest BCUT2D eigenvalue weighted by molar-refractivity contribution is 0.0996. The van der Waals surface area contributed by atoms with Crippen LogP contribution in [0.25, 0.3) is 0 Å². The van der Waals surface area contributed by atoms with Gasteiger partial charge in [-0.3, -0.25) is 4.90 Å². The molecule has 0 aromatic heterocycles. The van der Waals surface area contributed by atoms with Crippen LogP contribution < -0.4 is 0 Å². The smallest absolute Gasteiger partial charge is 0.153 e. The molecule has 0 amide bonds. The average Bonchev–Trinajstić information content (AvgIpc) is 2.53. The van der Waals surface area contributed by atoms with Gasteiger partial charge in [-0.2, -0.15) is 0 Å². The molecule has 3 fully saturated rings. The summed E-state index contributed by atoms with van der Waals surface area (Å²) in [5.74, 6) is 0. The first kappa shape index (κ1) is 9.73. The molecule has 3 aliphatic rings. The van der Waals surface area contributed by atoms with E-state index in [0.717, 1.165) is 38.6 Å². The number of aliphatic hydroxyl groups excluding tert-OH is 1. The summed E-state index contributed by atoms with van der Waals surface area (Å²) in [4.78, 5) is 2.25. The quantitative estimate of drug-likeness (QED) is 0.670. The molecule has 3 rings (SSSR count). The molecule has 15 heavy (non-hydrogen) atoms. The summed E-state index contributed by atoms with van der Waals surface area (Å²) in [7, 11) is 0. The summed E-state index contributed by atoms with van der Waals surface area (Å²) in [6, 6.07) is 0. The Morgan fingerprint density at radius 1 is 1.47 bits per heavy atom. The highest BCUT2D eigenvalue weighted by molar-refractivity contribution is 5.73. The number of fused-ring (bicyclic) bond motifs is 1. The van der Waals surface area contributed by atoms with Crippen molar-refractivity contribution < 1.29 is 9.50 Å². The number of rotatable bonds is 2. The van der Waals surface area contributed by atoms with Crippen molar-refractivity contribution in [3.63, 3.8) is 0 Å². The van der Waals surface area contributed by atoms with Gasteiger partial charge in [-0.25, -0.2) is 4.39 Å². The molecule has 2 saturated heterocycles. The number of halogens is 1. The van der Waals surface area contributed by atoms with Crippen LogP contribution in [0, 0.1) is 10.8 Å². The van der Waals surface area contributed by atoms with Crippen molar-refractivity contribution in [2.45, 2.75) is 36.9 Å². The van der Waals surface area contributed by atoms with Gasteiger partial charge in [0, 0.05) is 23.7 Å². The molecule has 4 heteroatoms. The van der Waals surface area contributed by atoms with Gasteiger partial charge >= 0.3 is 0 Å². The Labute approximate surface area is 88.8 Å². The first-order chi connectivity index (χ1) is 7.10. The van der Waals surface area contributed by atoms with Gasteiger partial charge < -0.3 is 10.5 Å². The van der Waals surface area contributed by atoms with Crippen LogP contribution in [0.5, 0.6) is 0 Å². The van der Waals surface area contributed by atoms with Crippen molar-refractivity contribution >= 4 is 6.21 Å². The third kappa shape index (κ3) is 0.992. The fourth-order valence-corrected chi connectivity index (χ4v) is 3.78. The Hall–Kier alpha value is -0.480. The summed E-state index contributed by atoms with van der Waals surface area (Å²) >= 11 is 0. The molecule has 1 saturated carbocycles. The van der Waals surface area contributed by atoms with Gasteiger partial charge in [0.1, 0.15) is 0 Å². The fraction of sp³-hybridized carbons (Fsp3) is 0.909. The van der Waals surface area contributed by atoms with E-state index < -0.39 is 5.67 Å². The monoisotopic (exact) mass is 212 g/mol. The van der Waals surface area contributed by atoms with Crippen molar-refractivity contribution in [1.29, 1.82) is 5.41 Å². The predicted octanol–water partition coefficient (Wildman–Crippen LogP) is 0.965. The van der Waals surface area contributed by atoms with E-state index >= 15 is 0 Å². The van der Waals surface area contributed by atoms with E-state index in [1.165, 1.54) is 0 Å². The molecule has 2 aliphatic heterocycles. The number of nitrogens with one attached hydrogen (secondary N) is 1. The van der Waals surface area contributed by atoms with Gasteiger partial charge in [-0.05, 0) is 32.2 Å². The maximum absolute atomic E-state index is 14.1. The number of hydrogen-bond acceptors (Lipinski definition) is 3. The van der Waals surface area contributed by atoms with Gasteiger partial charge in [0.25, 0.3) is 0 Å². The summed E-state index contributed by atoms with van der Waals surface area (Å²) in [5, 5.41) is 16.7. The van der Waals surface area contributed by atoms with Crippen LogP contribution in [-0.2, 0) is 0 Å². The fourth-order valence-electron chi connectivity index (χ4n) is 3.78. The Morgan fingerprint density at radius 3 is 2.80 bits per heavy atom. The van der Waals surface area contributed by atoms with Crippen LogP contribution in [0.2, 0.25) is 0 Å². The summed E-state index contributed by atoms with van der Waals surface area (Å²) in [6.45, 7) is 1.86. The van der Waals surface area contributed by atoms with Crippen LogP contribution in [0.4, 0.5) is 4.39 Å². The van der Waals surface area contributed by atoms with Crippen LogP contribution in [0.1, 0.15) is 25.7 Å². The second-order valence-electron chi connectivity index (χ2n) is 5.55. The zero-order chi connectivity index (χ0) is 10.7. The highest BCUT2D eigenvalue weighted by Gasteiger charge is 2.74. The highest BCUT2D eigenvalue weighted by Crippen LogP contribution is 2.67. The third-order valence-corrected chi connectivity index (χ3v) is 4.78. The topological polar surface area (TPSA) is 47.3 Å². The molecule has 0 bridgehead atoms. The molecule has 1 aliphatic carbocycles. The van der Waals surface area contributed by atoms with E-state index in [1.807, 2.05) is 0 Å². The number of hydrogen-bond donors (Lipinski definition) is 2. The lowest BCUT2D eigenvalue weighted by Crippen LogP contribution is -2.41. The van der Waals surface area contributed by atoms with Crippen LogP contribution in [-0.4, -0.2) is 47.1 Å². The van der Waals surface area contributed by atoms with Crippen molar-refractivity contribution in [3.05, 3.63) is 0 Å². The summed E-state index contributed by atoms with van der Waals surface area (Å²) in [6.07, 6.45) is 4.30. The molecular weight excluding hydrogens is 195 g/mol. The summed E-state index contributed by atoms with van der Waals surface area (Å²) in [5.41, 5.74) is -1.87. The molecular formula is C11H17FN2O. The molecule has 2 heterocycles. The first-order valence-corrected chi connectivity index (χ1v) is 5.66. The number of aliphatic hydroxyl groups is 1. The Kier molecular flexibility index (Phi) is 1.69. The maximum atomic E-state index is 14.1. The van der Waals surface area contributed by atoms with E-state index in [-0.39, 0.29) is 17.6 Å². The SMILES string of the molecule is N=C[C@@]1(F)C[C@]12CN1CCC[C@@]1(CO)C2. The van der Waals surface area contributed by atoms with Crippen molar-refractivity contribution in [2.24, 2.45) is 5.41 Å². The van der Waals surface area contributed by atoms with E-state index in [4.69, 9.17) is 5.41 Å². The number of alkyl halides is 1. The van der Waals surface area contributed by atoms with Gasteiger partial charge in [0.2, 0.25) is 0 Å². The minimum Gasteiger partial charge on any atom is -0.394 e. The molecule has 3 nitrogen and oxygen atoms in total. The van der Waals surface area contributed by atoms with Gasteiger partial charge in [-0.15, -0.1) is 0 Å². The molecule has 0 radical (unpaired) electrons. The van der Waals surface area contributed by atoms with Crippen LogP contribution in [0.15, 0.2) is 0 Å². The molecule has 84 valence electrons. The minimum atomic E-state index is -1.38.